The van der Waals surface area contributed by atoms with Gasteiger partial charge in [0.1, 0.15) is 11.6 Å². The Labute approximate surface area is 111 Å². The quantitative estimate of drug-likeness (QED) is 0.846. The molecule has 0 unspecified atom stereocenters. The molecular weight excluding hydrogens is 269 g/mol. The monoisotopic (exact) mass is 283 g/mol. The summed E-state index contributed by atoms with van der Waals surface area (Å²) in [4.78, 5) is 0. The van der Waals surface area contributed by atoms with Crippen LogP contribution in [0.4, 0.5) is 4.39 Å². The van der Waals surface area contributed by atoms with Gasteiger partial charge in [-0.25, -0.2) is 12.8 Å². The summed E-state index contributed by atoms with van der Waals surface area (Å²) < 4.78 is 43.3. The molecule has 0 atom stereocenters. The predicted octanol–water partition coefficient (Wildman–Crippen LogP) is 2.38. The van der Waals surface area contributed by atoms with Crippen molar-refractivity contribution in [3.8, 4) is 0 Å². The van der Waals surface area contributed by atoms with Crippen molar-refractivity contribution in [2.75, 3.05) is 7.05 Å². The van der Waals surface area contributed by atoms with Gasteiger partial charge in [-0.2, -0.15) is 4.31 Å². The average Bonchev–Trinajstić information content (AvgIpc) is 2.84. The maximum absolute atomic E-state index is 12.8. The molecule has 0 amide bonds. The summed E-state index contributed by atoms with van der Waals surface area (Å²) in [6.45, 7) is 0.177. The molecule has 1 heterocycles. The first kappa shape index (κ1) is 13.8. The van der Waals surface area contributed by atoms with Crippen LogP contribution in [0, 0.1) is 5.82 Å². The maximum Gasteiger partial charge on any atom is 0.218 e. The molecule has 0 N–H and O–H groups in total. The smallest absolute Gasteiger partial charge is 0.218 e. The maximum atomic E-state index is 12.8. The summed E-state index contributed by atoms with van der Waals surface area (Å²) in [6.07, 6.45) is 1.50. The molecule has 0 bridgehead atoms. The minimum absolute atomic E-state index is 0.162. The Kier molecular flexibility index (Phi) is 4.01. The van der Waals surface area contributed by atoms with Crippen LogP contribution < -0.4 is 0 Å². The Bertz CT molecular complexity index is 620. The van der Waals surface area contributed by atoms with E-state index in [1.54, 1.807) is 12.1 Å². The van der Waals surface area contributed by atoms with Crippen LogP contribution in [0.5, 0.6) is 0 Å². The SMILES string of the molecule is CN(Cc1ccco1)S(=O)(=O)Cc1ccc(F)cc1. The number of nitrogens with zero attached hydrogens (tertiary/aromatic N) is 1. The van der Waals surface area contributed by atoms with Gasteiger partial charge in [-0.05, 0) is 29.8 Å². The summed E-state index contributed by atoms with van der Waals surface area (Å²) in [5.41, 5.74) is 0.549. The summed E-state index contributed by atoms with van der Waals surface area (Å²) in [5.74, 6) is 0.0279. The zero-order chi connectivity index (χ0) is 13.9. The zero-order valence-corrected chi connectivity index (χ0v) is 11.2. The van der Waals surface area contributed by atoms with E-state index in [1.807, 2.05) is 0 Å². The van der Waals surface area contributed by atoms with Crippen LogP contribution in [0.25, 0.3) is 0 Å². The summed E-state index contributed by atoms with van der Waals surface area (Å²) in [5, 5.41) is 0. The summed E-state index contributed by atoms with van der Waals surface area (Å²) >= 11 is 0. The first-order valence-corrected chi connectivity index (χ1v) is 7.29. The largest absolute Gasteiger partial charge is 0.468 e. The lowest BCUT2D eigenvalue weighted by Crippen LogP contribution is -2.27. The fourth-order valence-electron chi connectivity index (χ4n) is 1.62. The fourth-order valence-corrected chi connectivity index (χ4v) is 2.78. The first-order valence-electron chi connectivity index (χ1n) is 5.68. The van der Waals surface area contributed by atoms with E-state index < -0.39 is 10.0 Å². The van der Waals surface area contributed by atoms with Gasteiger partial charge in [-0.1, -0.05) is 12.1 Å². The average molecular weight is 283 g/mol. The number of halogens is 1. The Balaban J connectivity index is 2.07. The Morgan fingerprint density at radius 2 is 1.89 bits per heavy atom. The highest BCUT2D eigenvalue weighted by Gasteiger charge is 2.19. The van der Waals surface area contributed by atoms with Crippen LogP contribution >= 0.6 is 0 Å². The van der Waals surface area contributed by atoms with Crippen LogP contribution in [-0.2, 0) is 22.3 Å². The number of hydrogen-bond acceptors (Lipinski definition) is 3. The van der Waals surface area contributed by atoms with E-state index in [0.717, 1.165) is 0 Å². The second kappa shape index (κ2) is 5.54. The van der Waals surface area contributed by atoms with E-state index in [1.165, 1.54) is 41.9 Å². The second-order valence-corrected chi connectivity index (χ2v) is 6.29. The van der Waals surface area contributed by atoms with E-state index >= 15 is 0 Å². The van der Waals surface area contributed by atoms with Crippen molar-refractivity contribution in [1.82, 2.24) is 4.31 Å². The van der Waals surface area contributed by atoms with Crippen LogP contribution in [0.2, 0.25) is 0 Å². The standard InChI is InChI=1S/C13H14FNO3S/c1-15(9-13-3-2-8-18-13)19(16,17)10-11-4-6-12(14)7-5-11/h2-8H,9-10H2,1H3. The van der Waals surface area contributed by atoms with Crippen LogP contribution in [-0.4, -0.2) is 19.8 Å². The van der Waals surface area contributed by atoms with Gasteiger partial charge in [0.25, 0.3) is 0 Å². The fraction of sp³-hybridized carbons (Fsp3) is 0.231. The third kappa shape index (κ3) is 3.65. The third-order valence-electron chi connectivity index (χ3n) is 2.70. The summed E-state index contributed by atoms with van der Waals surface area (Å²) in [6, 6.07) is 8.84. The van der Waals surface area contributed by atoms with E-state index in [0.29, 0.717) is 11.3 Å². The molecule has 0 radical (unpaired) electrons. The lowest BCUT2D eigenvalue weighted by molar-refractivity contribution is 0.406. The Hall–Kier alpha value is -1.66. The Morgan fingerprint density at radius 1 is 1.21 bits per heavy atom. The lowest BCUT2D eigenvalue weighted by Gasteiger charge is -2.15. The van der Waals surface area contributed by atoms with Gasteiger partial charge in [0, 0.05) is 7.05 Å². The van der Waals surface area contributed by atoms with Crippen molar-refractivity contribution in [1.29, 1.82) is 0 Å². The molecule has 102 valence electrons. The molecule has 0 fully saturated rings. The topological polar surface area (TPSA) is 50.5 Å². The normalized spacial score (nSPS) is 11.9. The molecular formula is C13H14FNO3S. The van der Waals surface area contributed by atoms with Gasteiger partial charge in [0.05, 0.1) is 18.6 Å². The molecule has 1 aromatic heterocycles. The molecule has 2 rings (SSSR count). The molecule has 0 saturated heterocycles. The van der Waals surface area contributed by atoms with Crippen molar-refractivity contribution >= 4 is 10.0 Å². The molecule has 2 aromatic rings. The van der Waals surface area contributed by atoms with E-state index in [4.69, 9.17) is 4.42 Å². The predicted molar refractivity (Wildman–Crippen MR) is 69.2 cm³/mol. The number of hydrogen-bond donors (Lipinski definition) is 0. The van der Waals surface area contributed by atoms with E-state index in [-0.39, 0.29) is 18.1 Å². The van der Waals surface area contributed by atoms with Gasteiger partial charge in [0.15, 0.2) is 0 Å². The molecule has 0 aliphatic heterocycles. The second-order valence-electron chi connectivity index (χ2n) is 4.22. The minimum Gasteiger partial charge on any atom is -0.468 e. The number of benzene rings is 1. The van der Waals surface area contributed by atoms with Gasteiger partial charge >= 0.3 is 0 Å². The van der Waals surface area contributed by atoms with Crippen molar-refractivity contribution in [2.24, 2.45) is 0 Å². The van der Waals surface area contributed by atoms with E-state index in [2.05, 4.69) is 0 Å². The molecule has 4 nitrogen and oxygen atoms in total. The third-order valence-corrected chi connectivity index (χ3v) is 4.47. The molecule has 6 heteroatoms. The highest BCUT2D eigenvalue weighted by molar-refractivity contribution is 7.88. The van der Waals surface area contributed by atoms with Gasteiger partial charge in [-0.15, -0.1) is 0 Å². The van der Waals surface area contributed by atoms with Crippen LogP contribution in [0.1, 0.15) is 11.3 Å². The number of rotatable bonds is 5. The first-order chi connectivity index (χ1) is 8.97. The number of sulfonamides is 1. The van der Waals surface area contributed by atoms with Crippen molar-refractivity contribution < 1.29 is 17.2 Å². The molecule has 0 aliphatic carbocycles. The van der Waals surface area contributed by atoms with Gasteiger partial charge < -0.3 is 4.42 Å². The van der Waals surface area contributed by atoms with Gasteiger partial charge in [-0.3, -0.25) is 0 Å². The van der Waals surface area contributed by atoms with E-state index in [9.17, 15) is 12.8 Å². The van der Waals surface area contributed by atoms with Crippen molar-refractivity contribution in [2.45, 2.75) is 12.3 Å². The lowest BCUT2D eigenvalue weighted by atomic mass is 10.2. The minimum atomic E-state index is -3.45. The zero-order valence-electron chi connectivity index (χ0n) is 10.4. The molecule has 0 saturated carbocycles. The number of furan rings is 1. The van der Waals surface area contributed by atoms with Crippen molar-refractivity contribution in [3.63, 3.8) is 0 Å². The highest BCUT2D eigenvalue weighted by atomic mass is 32.2. The van der Waals surface area contributed by atoms with Crippen LogP contribution in [0.15, 0.2) is 47.1 Å². The summed E-state index contributed by atoms with van der Waals surface area (Å²) in [7, 11) is -1.96. The van der Waals surface area contributed by atoms with Crippen LogP contribution in [0.3, 0.4) is 0 Å². The molecule has 0 aliphatic rings. The highest BCUT2D eigenvalue weighted by Crippen LogP contribution is 2.13. The Morgan fingerprint density at radius 3 is 2.47 bits per heavy atom. The van der Waals surface area contributed by atoms with Gasteiger partial charge in [0.2, 0.25) is 10.0 Å². The van der Waals surface area contributed by atoms with Crippen molar-refractivity contribution in [3.05, 3.63) is 59.8 Å². The molecule has 0 spiro atoms. The molecule has 19 heavy (non-hydrogen) atoms. The molecule has 1 aromatic carbocycles.